The minimum atomic E-state index is 0.173. The van der Waals surface area contributed by atoms with Gasteiger partial charge in [-0.25, -0.2) is 4.68 Å². The molecule has 0 aliphatic carbocycles. The summed E-state index contributed by atoms with van der Waals surface area (Å²) in [5.74, 6) is 0.937. The summed E-state index contributed by atoms with van der Waals surface area (Å²) in [7, 11) is 0. The molecule has 0 amide bonds. The van der Waals surface area contributed by atoms with Crippen LogP contribution in [0.25, 0.3) is 5.69 Å². The molecule has 0 bridgehead atoms. The lowest BCUT2D eigenvalue weighted by Gasteiger charge is -2.09. The number of hydrogen-bond acceptors (Lipinski definition) is 3. The van der Waals surface area contributed by atoms with Crippen molar-refractivity contribution >= 4 is 0 Å². The van der Waals surface area contributed by atoms with Crippen LogP contribution in [0.4, 0.5) is 0 Å². The topological polar surface area (TPSA) is 43.0 Å². The second kappa shape index (κ2) is 5.75. The summed E-state index contributed by atoms with van der Waals surface area (Å²) in [5.41, 5.74) is 2.07. The van der Waals surface area contributed by atoms with Crippen molar-refractivity contribution in [3.05, 3.63) is 72.4 Å². The van der Waals surface area contributed by atoms with E-state index in [0.717, 1.165) is 17.1 Å². The van der Waals surface area contributed by atoms with Gasteiger partial charge in [0.2, 0.25) is 0 Å². The summed E-state index contributed by atoms with van der Waals surface area (Å²) in [6, 6.07) is 16.2. The number of benzene rings is 1. The van der Waals surface area contributed by atoms with Crippen molar-refractivity contribution in [1.82, 2.24) is 15.1 Å². The van der Waals surface area contributed by atoms with E-state index in [0.29, 0.717) is 6.54 Å². The van der Waals surface area contributed by atoms with Crippen LogP contribution in [0.3, 0.4) is 0 Å². The fourth-order valence-electron chi connectivity index (χ4n) is 2.08. The number of para-hydroxylation sites is 1. The Bertz CT molecular complexity index is 643. The van der Waals surface area contributed by atoms with Gasteiger partial charge in [0.25, 0.3) is 0 Å². The zero-order chi connectivity index (χ0) is 13.8. The van der Waals surface area contributed by atoms with Crippen molar-refractivity contribution in [1.29, 1.82) is 0 Å². The molecule has 1 N–H and O–H groups in total. The number of nitrogens with one attached hydrogen (secondary N) is 1. The van der Waals surface area contributed by atoms with Crippen molar-refractivity contribution in [2.24, 2.45) is 0 Å². The maximum atomic E-state index is 5.37. The minimum absolute atomic E-state index is 0.173. The van der Waals surface area contributed by atoms with Crippen LogP contribution in [-0.4, -0.2) is 9.78 Å². The summed E-state index contributed by atoms with van der Waals surface area (Å²) >= 11 is 0. The molecule has 0 unspecified atom stereocenters. The number of nitrogens with zero attached hydrogens (tertiary/aromatic N) is 2. The molecule has 0 saturated heterocycles. The van der Waals surface area contributed by atoms with Crippen LogP contribution in [0, 0.1) is 0 Å². The molecule has 3 rings (SSSR count). The van der Waals surface area contributed by atoms with E-state index in [9.17, 15) is 0 Å². The average Bonchev–Trinajstić information content (AvgIpc) is 3.17. The second-order valence-electron chi connectivity index (χ2n) is 4.71. The van der Waals surface area contributed by atoms with Gasteiger partial charge < -0.3 is 9.73 Å². The smallest absolute Gasteiger partial charge is 0.120 e. The maximum Gasteiger partial charge on any atom is 0.120 e. The standard InChI is InChI=1S/C16H17N3O/c1-13(16-8-5-11-20-16)17-12-14-9-10-19(18-14)15-6-3-2-4-7-15/h2-11,13,17H,12H2,1H3/t13-/m0/s1. The molecule has 3 aromatic rings. The maximum absolute atomic E-state index is 5.37. The van der Waals surface area contributed by atoms with E-state index in [-0.39, 0.29) is 6.04 Å². The van der Waals surface area contributed by atoms with Gasteiger partial charge in [0, 0.05) is 12.7 Å². The van der Waals surface area contributed by atoms with Gasteiger partial charge in [-0.1, -0.05) is 18.2 Å². The highest BCUT2D eigenvalue weighted by Crippen LogP contribution is 2.13. The quantitative estimate of drug-likeness (QED) is 0.771. The molecule has 1 atom stereocenters. The largest absolute Gasteiger partial charge is 0.468 e. The predicted octanol–water partition coefficient (Wildman–Crippen LogP) is 3.32. The van der Waals surface area contributed by atoms with Gasteiger partial charge in [0.05, 0.1) is 23.7 Å². The molecule has 0 saturated carbocycles. The molecule has 20 heavy (non-hydrogen) atoms. The number of rotatable bonds is 5. The highest BCUT2D eigenvalue weighted by molar-refractivity contribution is 5.30. The predicted molar refractivity (Wildman–Crippen MR) is 77.5 cm³/mol. The van der Waals surface area contributed by atoms with E-state index in [1.54, 1.807) is 6.26 Å². The Balaban J connectivity index is 1.63. The first-order valence-corrected chi connectivity index (χ1v) is 6.70. The van der Waals surface area contributed by atoms with Crippen molar-refractivity contribution in [2.75, 3.05) is 0 Å². The summed E-state index contributed by atoms with van der Waals surface area (Å²) in [6.45, 7) is 2.79. The van der Waals surface area contributed by atoms with E-state index >= 15 is 0 Å². The molecular formula is C16H17N3O. The third-order valence-electron chi connectivity index (χ3n) is 3.22. The van der Waals surface area contributed by atoms with Crippen molar-refractivity contribution in [3.63, 3.8) is 0 Å². The van der Waals surface area contributed by atoms with Crippen LogP contribution < -0.4 is 5.32 Å². The lowest BCUT2D eigenvalue weighted by atomic mass is 10.2. The van der Waals surface area contributed by atoms with E-state index in [1.165, 1.54) is 0 Å². The molecule has 4 heteroatoms. The molecule has 2 aromatic heterocycles. The van der Waals surface area contributed by atoms with Gasteiger partial charge in [-0.2, -0.15) is 5.10 Å². The Morgan fingerprint density at radius 1 is 1.15 bits per heavy atom. The lowest BCUT2D eigenvalue weighted by Crippen LogP contribution is -2.18. The number of aromatic nitrogens is 2. The van der Waals surface area contributed by atoms with E-state index in [1.807, 2.05) is 59.4 Å². The van der Waals surface area contributed by atoms with Crippen LogP contribution >= 0.6 is 0 Å². The zero-order valence-corrected chi connectivity index (χ0v) is 11.4. The second-order valence-corrected chi connectivity index (χ2v) is 4.71. The third-order valence-corrected chi connectivity index (χ3v) is 3.22. The van der Waals surface area contributed by atoms with Crippen LogP contribution in [0.1, 0.15) is 24.4 Å². The molecule has 0 fully saturated rings. The van der Waals surface area contributed by atoms with Gasteiger partial charge in [0.15, 0.2) is 0 Å². The molecule has 0 spiro atoms. The SMILES string of the molecule is C[C@H](NCc1ccn(-c2ccccc2)n1)c1ccco1. The first-order valence-electron chi connectivity index (χ1n) is 6.70. The Labute approximate surface area is 118 Å². The molecule has 1 aromatic carbocycles. The Hall–Kier alpha value is -2.33. The van der Waals surface area contributed by atoms with E-state index < -0.39 is 0 Å². The normalized spacial score (nSPS) is 12.4. The minimum Gasteiger partial charge on any atom is -0.468 e. The average molecular weight is 267 g/mol. The zero-order valence-electron chi connectivity index (χ0n) is 11.4. The Morgan fingerprint density at radius 2 is 2.00 bits per heavy atom. The van der Waals surface area contributed by atoms with Crippen molar-refractivity contribution in [3.8, 4) is 5.69 Å². The molecule has 102 valence electrons. The van der Waals surface area contributed by atoms with Crippen LogP contribution in [0.2, 0.25) is 0 Å². The summed E-state index contributed by atoms with van der Waals surface area (Å²) < 4.78 is 7.25. The lowest BCUT2D eigenvalue weighted by molar-refractivity contribution is 0.428. The Kier molecular flexibility index (Phi) is 3.65. The monoisotopic (exact) mass is 267 g/mol. The number of hydrogen-bond donors (Lipinski definition) is 1. The molecule has 0 aliphatic heterocycles. The highest BCUT2D eigenvalue weighted by Gasteiger charge is 2.08. The van der Waals surface area contributed by atoms with Gasteiger partial charge in [0.1, 0.15) is 5.76 Å². The highest BCUT2D eigenvalue weighted by atomic mass is 16.3. The molecule has 2 heterocycles. The first kappa shape index (κ1) is 12.7. The van der Waals surface area contributed by atoms with Gasteiger partial charge in [-0.3, -0.25) is 0 Å². The number of furan rings is 1. The van der Waals surface area contributed by atoms with Gasteiger partial charge in [-0.05, 0) is 37.3 Å². The first-order chi connectivity index (χ1) is 9.83. The van der Waals surface area contributed by atoms with Crippen LogP contribution in [0.5, 0.6) is 0 Å². The molecular weight excluding hydrogens is 250 g/mol. The molecule has 4 nitrogen and oxygen atoms in total. The molecule has 0 aliphatic rings. The van der Waals surface area contributed by atoms with E-state index in [2.05, 4.69) is 17.3 Å². The van der Waals surface area contributed by atoms with E-state index in [4.69, 9.17) is 4.42 Å². The Morgan fingerprint density at radius 3 is 2.75 bits per heavy atom. The summed E-state index contributed by atoms with van der Waals surface area (Å²) in [6.07, 6.45) is 3.67. The fourth-order valence-corrected chi connectivity index (χ4v) is 2.08. The molecule has 0 radical (unpaired) electrons. The van der Waals surface area contributed by atoms with Crippen LogP contribution in [-0.2, 0) is 6.54 Å². The van der Waals surface area contributed by atoms with Crippen LogP contribution in [0.15, 0.2) is 65.4 Å². The summed E-state index contributed by atoms with van der Waals surface area (Å²) in [5, 5.41) is 7.95. The van der Waals surface area contributed by atoms with Crippen molar-refractivity contribution in [2.45, 2.75) is 19.5 Å². The van der Waals surface area contributed by atoms with Crippen molar-refractivity contribution < 1.29 is 4.42 Å². The van der Waals surface area contributed by atoms with Gasteiger partial charge in [-0.15, -0.1) is 0 Å². The van der Waals surface area contributed by atoms with Gasteiger partial charge >= 0.3 is 0 Å². The fraction of sp³-hybridized carbons (Fsp3) is 0.188. The summed E-state index contributed by atoms with van der Waals surface area (Å²) in [4.78, 5) is 0. The third kappa shape index (κ3) is 2.81.